The van der Waals surface area contributed by atoms with Crippen LogP contribution in [-0.4, -0.2) is 17.1 Å². The van der Waals surface area contributed by atoms with Crippen LogP contribution >= 0.6 is 0 Å². The summed E-state index contributed by atoms with van der Waals surface area (Å²) in [7, 11) is 1.50. The molecule has 0 saturated heterocycles. The second kappa shape index (κ2) is 2.78. The van der Waals surface area contributed by atoms with Crippen molar-refractivity contribution in [2.24, 2.45) is 0 Å². The summed E-state index contributed by atoms with van der Waals surface area (Å²) < 4.78 is 4.76. The molecule has 0 fully saturated rings. The van der Waals surface area contributed by atoms with Crippen molar-refractivity contribution in [2.45, 2.75) is 0 Å². The summed E-state index contributed by atoms with van der Waals surface area (Å²) in [6.45, 7) is 6.56. The van der Waals surface area contributed by atoms with Crippen LogP contribution < -0.4 is 4.74 Å². The van der Waals surface area contributed by atoms with E-state index >= 15 is 0 Å². The first kappa shape index (κ1) is 6.49. The van der Waals surface area contributed by atoms with E-state index in [1.54, 1.807) is 6.07 Å². The van der Waals surface area contributed by atoms with Gasteiger partial charge in [-0.3, -0.25) is 0 Å². The minimum absolute atomic E-state index is 0.111. The standard InChI is InChI=1S/C6H5N3O/c1-7-6-8-4-3-5(9-6)10-2/h3-4H,2H3. The van der Waals surface area contributed by atoms with Crippen LogP contribution in [-0.2, 0) is 0 Å². The molecule has 0 aromatic carbocycles. The van der Waals surface area contributed by atoms with Crippen molar-refractivity contribution in [3.8, 4) is 5.88 Å². The number of nitrogens with zero attached hydrogens (tertiary/aromatic N) is 3. The Morgan fingerprint density at radius 3 is 3.10 bits per heavy atom. The average Bonchev–Trinajstić information content (AvgIpc) is 2.05. The Labute approximate surface area is 58.3 Å². The summed E-state index contributed by atoms with van der Waals surface area (Å²) in [6.07, 6.45) is 1.49. The Kier molecular flexibility index (Phi) is 1.80. The van der Waals surface area contributed by atoms with Crippen LogP contribution in [0, 0.1) is 6.57 Å². The highest BCUT2D eigenvalue weighted by Crippen LogP contribution is 2.08. The fraction of sp³-hybridized carbons (Fsp3) is 0.167. The predicted molar refractivity (Wildman–Crippen MR) is 34.8 cm³/mol. The molecule has 1 rings (SSSR count). The molecule has 0 unspecified atom stereocenters. The monoisotopic (exact) mass is 135 g/mol. The molecule has 0 amide bonds. The molecule has 0 aliphatic carbocycles. The van der Waals surface area contributed by atoms with Gasteiger partial charge in [0.25, 0.3) is 5.88 Å². The van der Waals surface area contributed by atoms with E-state index in [2.05, 4.69) is 14.8 Å². The molecule has 10 heavy (non-hydrogen) atoms. The number of ether oxygens (including phenoxy) is 1. The zero-order valence-electron chi connectivity index (χ0n) is 5.40. The first-order valence-corrected chi connectivity index (χ1v) is 2.61. The maximum absolute atomic E-state index is 6.56. The molecular weight excluding hydrogens is 130 g/mol. The third-order valence-electron chi connectivity index (χ3n) is 0.926. The largest absolute Gasteiger partial charge is 0.470 e. The molecule has 0 radical (unpaired) electrons. The van der Waals surface area contributed by atoms with Gasteiger partial charge in [-0.05, 0) is 0 Å². The van der Waals surface area contributed by atoms with Crippen molar-refractivity contribution in [3.05, 3.63) is 23.7 Å². The molecule has 0 bridgehead atoms. The molecule has 0 spiro atoms. The van der Waals surface area contributed by atoms with Crippen molar-refractivity contribution in [1.82, 2.24) is 9.97 Å². The van der Waals surface area contributed by atoms with Crippen molar-refractivity contribution >= 4 is 5.95 Å². The van der Waals surface area contributed by atoms with E-state index in [0.29, 0.717) is 5.88 Å². The predicted octanol–water partition coefficient (Wildman–Crippen LogP) is 1.04. The molecule has 0 atom stereocenters. The summed E-state index contributed by atoms with van der Waals surface area (Å²) in [6, 6.07) is 1.59. The third kappa shape index (κ3) is 1.20. The van der Waals surface area contributed by atoms with Gasteiger partial charge in [0.2, 0.25) is 0 Å². The zero-order valence-corrected chi connectivity index (χ0v) is 5.40. The van der Waals surface area contributed by atoms with Gasteiger partial charge in [0.1, 0.15) is 0 Å². The third-order valence-corrected chi connectivity index (χ3v) is 0.926. The Balaban J connectivity index is 3.01. The second-order valence-corrected chi connectivity index (χ2v) is 1.51. The van der Waals surface area contributed by atoms with Gasteiger partial charge < -0.3 is 9.58 Å². The number of aromatic nitrogens is 2. The quantitative estimate of drug-likeness (QED) is 0.540. The second-order valence-electron chi connectivity index (χ2n) is 1.51. The number of hydrogen-bond acceptors (Lipinski definition) is 3. The molecule has 1 aromatic heterocycles. The van der Waals surface area contributed by atoms with E-state index in [9.17, 15) is 0 Å². The summed E-state index contributed by atoms with van der Waals surface area (Å²) in [4.78, 5) is 10.4. The van der Waals surface area contributed by atoms with E-state index < -0.39 is 0 Å². The molecule has 4 nitrogen and oxygen atoms in total. The summed E-state index contributed by atoms with van der Waals surface area (Å²) in [5, 5.41) is 0. The molecule has 1 aromatic rings. The van der Waals surface area contributed by atoms with Crippen LogP contribution in [0.15, 0.2) is 12.3 Å². The highest BCUT2D eigenvalue weighted by atomic mass is 16.5. The van der Waals surface area contributed by atoms with Crippen LogP contribution in [0.25, 0.3) is 4.85 Å². The lowest BCUT2D eigenvalue weighted by Crippen LogP contribution is -1.86. The summed E-state index contributed by atoms with van der Waals surface area (Å²) in [5.74, 6) is 0.528. The van der Waals surface area contributed by atoms with Gasteiger partial charge in [-0.1, -0.05) is 0 Å². The molecule has 4 heteroatoms. The number of hydrogen-bond donors (Lipinski definition) is 0. The molecule has 0 aliphatic heterocycles. The number of methoxy groups -OCH3 is 1. The van der Waals surface area contributed by atoms with Crippen molar-refractivity contribution in [2.75, 3.05) is 7.11 Å². The highest BCUT2D eigenvalue weighted by Gasteiger charge is 1.97. The van der Waals surface area contributed by atoms with Crippen LogP contribution in [0.1, 0.15) is 0 Å². The lowest BCUT2D eigenvalue weighted by Gasteiger charge is -1.91. The van der Waals surface area contributed by atoms with E-state index in [0.717, 1.165) is 0 Å². The lowest BCUT2D eigenvalue weighted by molar-refractivity contribution is 0.398. The van der Waals surface area contributed by atoms with Crippen molar-refractivity contribution in [1.29, 1.82) is 0 Å². The Morgan fingerprint density at radius 1 is 1.70 bits per heavy atom. The SMILES string of the molecule is [C-]#[N+]c1nccc(OC)n1. The topological polar surface area (TPSA) is 39.4 Å². The average molecular weight is 135 g/mol. The molecule has 0 aliphatic rings. The zero-order chi connectivity index (χ0) is 7.40. The smallest absolute Gasteiger partial charge is 0.374 e. The van der Waals surface area contributed by atoms with Crippen molar-refractivity contribution in [3.63, 3.8) is 0 Å². The lowest BCUT2D eigenvalue weighted by atomic mass is 10.6. The molecule has 50 valence electrons. The van der Waals surface area contributed by atoms with Gasteiger partial charge >= 0.3 is 5.95 Å². The Bertz CT molecular complexity index is 266. The molecule has 0 N–H and O–H groups in total. The summed E-state index contributed by atoms with van der Waals surface area (Å²) >= 11 is 0. The highest BCUT2D eigenvalue weighted by molar-refractivity contribution is 5.27. The van der Waals surface area contributed by atoms with Gasteiger partial charge in [-0.25, -0.2) is 0 Å². The minimum atomic E-state index is 0.111. The summed E-state index contributed by atoms with van der Waals surface area (Å²) in [5.41, 5.74) is 0. The Hall–Kier alpha value is -1.63. The van der Waals surface area contributed by atoms with E-state index in [1.165, 1.54) is 13.3 Å². The van der Waals surface area contributed by atoms with Gasteiger partial charge in [0.15, 0.2) is 0 Å². The first-order chi connectivity index (χ1) is 4.86. The van der Waals surface area contributed by atoms with Crippen molar-refractivity contribution < 1.29 is 4.74 Å². The maximum Gasteiger partial charge on any atom is 0.374 e. The fourth-order valence-corrected chi connectivity index (χ4v) is 0.500. The van der Waals surface area contributed by atoms with Gasteiger partial charge in [0, 0.05) is 6.07 Å². The van der Waals surface area contributed by atoms with Gasteiger partial charge in [-0.15, -0.1) is 11.6 Å². The van der Waals surface area contributed by atoms with Crippen LogP contribution in [0.4, 0.5) is 5.95 Å². The Morgan fingerprint density at radius 2 is 2.50 bits per heavy atom. The van der Waals surface area contributed by atoms with Gasteiger partial charge in [-0.2, -0.15) is 4.98 Å². The van der Waals surface area contributed by atoms with E-state index in [4.69, 9.17) is 11.3 Å². The van der Waals surface area contributed by atoms with Crippen LogP contribution in [0.2, 0.25) is 0 Å². The normalized spacial score (nSPS) is 8.40. The maximum atomic E-state index is 6.56. The number of rotatable bonds is 1. The molecule has 1 heterocycles. The molecule has 0 saturated carbocycles. The fourth-order valence-electron chi connectivity index (χ4n) is 0.500. The molecular formula is C6H5N3O. The first-order valence-electron chi connectivity index (χ1n) is 2.61. The van der Waals surface area contributed by atoms with Crippen LogP contribution in [0.5, 0.6) is 5.88 Å². The van der Waals surface area contributed by atoms with E-state index in [1.807, 2.05) is 0 Å². The minimum Gasteiger partial charge on any atom is -0.470 e. The van der Waals surface area contributed by atoms with E-state index in [-0.39, 0.29) is 5.95 Å². The van der Waals surface area contributed by atoms with Gasteiger partial charge in [0.05, 0.1) is 13.3 Å². The van der Waals surface area contributed by atoms with Crippen LogP contribution in [0.3, 0.4) is 0 Å².